The molecule has 1 aromatic carbocycles. The van der Waals surface area contributed by atoms with Crippen molar-refractivity contribution in [2.75, 3.05) is 5.32 Å². The van der Waals surface area contributed by atoms with Gasteiger partial charge in [0.25, 0.3) is 0 Å². The number of fused-ring (bicyclic) bond motifs is 1. The van der Waals surface area contributed by atoms with Crippen LogP contribution in [0.15, 0.2) is 48.7 Å². The van der Waals surface area contributed by atoms with E-state index in [4.69, 9.17) is 11.6 Å². The maximum atomic E-state index is 5.94. The molecule has 1 unspecified atom stereocenters. The van der Waals surface area contributed by atoms with Crippen LogP contribution in [0.2, 0.25) is 5.02 Å². The Kier molecular flexibility index (Phi) is 4.06. The molecule has 1 atom stereocenters. The summed E-state index contributed by atoms with van der Waals surface area (Å²) in [4.78, 5) is 4.43. The molecule has 0 radical (unpaired) electrons. The maximum absolute atomic E-state index is 5.94. The van der Waals surface area contributed by atoms with Gasteiger partial charge in [-0.25, -0.2) is 4.52 Å². The maximum Gasteiger partial charge on any atom is 0.243 e. The number of aromatic nitrogens is 3. The molecule has 0 aliphatic carbocycles. The summed E-state index contributed by atoms with van der Waals surface area (Å²) < 4.78 is 1.69. The van der Waals surface area contributed by atoms with Crippen molar-refractivity contribution in [1.82, 2.24) is 14.6 Å². The minimum atomic E-state index is 0.304. The minimum absolute atomic E-state index is 0.304. The SMILES string of the molecule is CC(CCc1ccccc1)Nc1nc2ccc(Cl)cn2n1. The average Bonchev–Trinajstić information content (AvgIpc) is 2.87. The van der Waals surface area contributed by atoms with Crippen LogP contribution in [0.1, 0.15) is 18.9 Å². The predicted octanol–water partition coefficient (Wildman–Crippen LogP) is 3.82. The lowest BCUT2D eigenvalue weighted by Gasteiger charge is -2.11. The van der Waals surface area contributed by atoms with Crippen LogP contribution in [-0.4, -0.2) is 20.6 Å². The van der Waals surface area contributed by atoms with Gasteiger partial charge in [-0.1, -0.05) is 41.9 Å². The van der Waals surface area contributed by atoms with Gasteiger partial charge < -0.3 is 5.32 Å². The first kappa shape index (κ1) is 13.9. The van der Waals surface area contributed by atoms with Crippen molar-refractivity contribution >= 4 is 23.2 Å². The molecule has 0 bridgehead atoms. The number of aryl methyl sites for hydroxylation is 1. The molecule has 108 valence electrons. The molecular weight excluding hydrogens is 284 g/mol. The van der Waals surface area contributed by atoms with E-state index < -0.39 is 0 Å². The molecular formula is C16H17ClN4. The molecule has 0 aliphatic rings. The Morgan fingerprint density at radius 1 is 1.19 bits per heavy atom. The molecule has 0 saturated heterocycles. The van der Waals surface area contributed by atoms with Gasteiger partial charge in [0, 0.05) is 12.2 Å². The monoisotopic (exact) mass is 300 g/mol. The van der Waals surface area contributed by atoms with Crippen LogP contribution < -0.4 is 5.32 Å². The van der Waals surface area contributed by atoms with Crippen molar-refractivity contribution in [1.29, 1.82) is 0 Å². The molecule has 0 saturated carbocycles. The zero-order chi connectivity index (χ0) is 14.7. The van der Waals surface area contributed by atoms with E-state index in [-0.39, 0.29) is 0 Å². The lowest BCUT2D eigenvalue weighted by atomic mass is 10.1. The zero-order valence-corrected chi connectivity index (χ0v) is 12.6. The molecule has 0 aliphatic heterocycles. The van der Waals surface area contributed by atoms with Crippen molar-refractivity contribution in [3.8, 4) is 0 Å². The molecule has 3 rings (SSSR count). The van der Waals surface area contributed by atoms with Crippen LogP contribution in [0, 0.1) is 0 Å². The van der Waals surface area contributed by atoms with Gasteiger partial charge in [0.1, 0.15) is 0 Å². The van der Waals surface area contributed by atoms with E-state index >= 15 is 0 Å². The first-order valence-corrected chi connectivity index (χ1v) is 7.41. The van der Waals surface area contributed by atoms with Crippen LogP contribution in [-0.2, 0) is 6.42 Å². The highest BCUT2D eigenvalue weighted by Crippen LogP contribution is 2.13. The number of pyridine rings is 1. The van der Waals surface area contributed by atoms with E-state index in [0.717, 1.165) is 18.5 Å². The van der Waals surface area contributed by atoms with E-state index in [0.29, 0.717) is 17.0 Å². The van der Waals surface area contributed by atoms with E-state index in [1.54, 1.807) is 10.7 Å². The molecule has 1 N–H and O–H groups in total. The van der Waals surface area contributed by atoms with Gasteiger partial charge in [-0.2, -0.15) is 4.98 Å². The third kappa shape index (κ3) is 3.52. The van der Waals surface area contributed by atoms with E-state index in [9.17, 15) is 0 Å². The average molecular weight is 301 g/mol. The van der Waals surface area contributed by atoms with Gasteiger partial charge in [-0.3, -0.25) is 0 Å². The first-order valence-electron chi connectivity index (χ1n) is 7.03. The Morgan fingerprint density at radius 2 is 2.00 bits per heavy atom. The van der Waals surface area contributed by atoms with Gasteiger partial charge in [-0.15, -0.1) is 5.10 Å². The number of benzene rings is 1. The molecule has 3 aromatic rings. The lowest BCUT2D eigenvalue weighted by Crippen LogP contribution is -2.17. The Morgan fingerprint density at radius 3 is 2.81 bits per heavy atom. The van der Waals surface area contributed by atoms with Crippen molar-refractivity contribution in [3.05, 3.63) is 59.2 Å². The summed E-state index contributed by atoms with van der Waals surface area (Å²) in [5.74, 6) is 0.637. The highest BCUT2D eigenvalue weighted by Gasteiger charge is 2.08. The summed E-state index contributed by atoms with van der Waals surface area (Å²) in [6, 6.07) is 14.5. The summed E-state index contributed by atoms with van der Waals surface area (Å²) >= 11 is 5.94. The van der Waals surface area contributed by atoms with Gasteiger partial charge in [0.05, 0.1) is 5.02 Å². The summed E-state index contributed by atoms with van der Waals surface area (Å²) in [7, 11) is 0. The molecule has 4 nitrogen and oxygen atoms in total. The van der Waals surface area contributed by atoms with Gasteiger partial charge in [0.2, 0.25) is 5.95 Å². The van der Waals surface area contributed by atoms with Crippen molar-refractivity contribution < 1.29 is 0 Å². The van der Waals surface area contributed by atoms with Crippen LogP contribution in [0.5, 0.6) is 0 Å². The van der Waals surface area contributed by atoms with E-state index in [1.165, 1.54) is 5.56 Å². The quantitative estimate of drug-likeness (QED) is 0.779. The van der Waals surface area contributed by atoms with Crippen LogP contribution in [0.3, 0.4) is 0 Å². The smallest absolute Gasteiger partial charge is 0.243 e. The second-order valence-corrected chi connectivity index (χ2v) is 5.59. The second-order valence-electron chi connectivity index (χ2n) is 5.16. The molecule has 0 spiro atoms. The summed E-state index contributed by atoms with van der Waals surface area (Å²) in [6.45, 7) is 2.14. The third-order valence-corrected chi connectivity index (χ3v) is 3.60. The number of hydrogen-bond acceptors (Lipinski definition) is 3. The van der Waals surface area contributed by atoms with Crippen LogP contribution in [0.25, 0.3) is 5.65 Å². The minimum Gasteiger partial charge on any atom is -0.350 e. The molecule has 0 fully saturated rings. The molecule has 5 heteroatoms. The Hall–Kier alpha value is -2.07. The fourth-order valence-corrected chi connectivity index (χ4v) is 2.39. The highest BCUT2D eigenvalue weighted by atomic mass is 35.5. The number of nitrogens with zero attached hydrogens (tertiary/aromatic N) is 3. The topological polar surface area (TPSA) is 42.2 Å². The van der Waals surface area contributed by atoms with Crippen molar-refractivity contribution in [3.63, 3.8) is 0 Å². The number of anilines is 1. The summed E-state index contributed by atoms with van der Waals surface area (Å²) in [5.41, 5.74) is 2.14. The van der Waals surface area contributed by atoms with Gasteiger partial charge in [0.15, 0.2) is 5.65 Å². The van der Waals surface area contributed by atoms with E-state index in [2.05, 4.69) is 46.6 Å². The van der Waals surface area contributed by atoms with E-state index in [1.807, 2.05) is 18.2 Å². The number of nitrogens with one attached hydrogen (secondary N) is 1. The van der Waals surface area contributed by atoms with Crippen molar-refractivity contribution in [2.45, 2.75) is 25.8 Å². The zero-order valence-electron chi connectivity index (χ0n) is 11.8. The normalized spacial score (nSPS) is 12.5. The lowest BCUT2D eigenvalue weighted by molar-refractivity contribution is 0.698. The predicted molar refractivity (Wildman–Crippen MR) is 85.8 cm³/mol. The summed E-state index contributed by atoms with van der Waals surface area (Å²) in [6.07, 6.45) is 3.82. The number of halogens is 1. The van der Waals surface area contributed by atoms with Crippen molar-refractivity contribution in [2.24, 2.45) is 0 Å². The fraction of sp³-hybridized carbons (Fsp3) is 0.250. The van der Waals surface area contributed by atoms with Gasteiger partial charge >= 0.3 is 0 Å². The Balaban J connectivity index is 1.62. The molecule has 2 aromatic heterocycles. The molecule has 0 amide bonds. The third-order valence-electron chi connectivity index (χ3n) is 3.38. The number of hydrogen-bond donors (Lipinski definition) is 1. The highest BCUT2D eigenvalue weighted by molar-refractivity contribution is 6.30. The first-order chi connectivity index (χ1) is 10.2. The largest absolute Gasteiger partial charge is 0.350 e. The molecule has 21 heavy (non-hydrogen) atoms. The molecule has 2 heterocycles. The Bertz CT molecular complexity index is 723. The van der Waals surface area contributed by atoms with Crippen LogP contribution >= 0.6 is 11.6 Å². The second kappa shape index (κ2) is 6.14. The summed E-state index contributed by atoms with van der Waals surface area (Å²) in [5, 5.41) is 8.36. The van der Waals surface area contributed by atoms with Crippen LogP contribution in [0.4, 0.5) is 5.95 Å². The Labute approximate surface area is 128 Å². The standard InChI is InChI=1S/C16H17ClN4/c1-12(7-8-13-5-3-2-4-6-13)18-16-19-15-10-9-14(17)11-21(15)20-16/h2-6,9-12H,7-8H2,1H3,(H,18,20). The number of rotatable bonds is 5. The van der Waals surface area contributed by atoms with Gasteiger partial charge in [-0.05, 0) is 37.5 Å². The fourth-order valence-electron chi connectivity index (χ4n) is 2.24.